The van der Waals surface area contributed by atoms with Gasteiger partial charge in [-0.3, -0.25) is 9.59 Å². The number of hydrogen-bond donors (Lipinski definition) is 1. The zero-order chi connectivity index (χ0) is 21.4. The fourth-order valence-electron chi connectivity index (χ4n) is 5.06. The minimum absolute atomic E-state index is 0.0916. The lowest BCUT2D eigenvalue weighted by atomic mass is 9.83. The Bertz CT molecular complexity index is 1140. The van der Waals surface area contributed by atoms with E-state index in [0.717, 1.165) is 31.2 Å². The summed E-state index contributed by atoms with van der Waals surface area (Å²) in [5.41, 5.74) is 2.44. The van der Waals surface area contributed by atoms with Crippen LogP contribution in [0.15, 0.2) is 46.9 Å². The first kappa shape index (κ1) is 19.9. The topological polar surface area (TPSA) is 68.5 Å². The Morgan fingerprint density at radius 2 is 1.77 bits per heavy atom. The smallest absolute Gasteiger partial charge is 0.287 e. The average Bonchev–Trinajstić information content (AvgIpc) is 2.95. The predicted molar refractivity (Wildman–Crippen MR) is 119 cm³/mol. The van der Waals surface area contributed by atoms with Gasteiger partial charge in [0.15, 0.2) is 11.5 Å². The molecule has 1 aliphatic heterocycles. The number of carbonyl (C=O) groups is 2. The van der Waals surface area contributed by atoms with E-state index >= 15 is 0 Å². The maximum atomic E-state index is 13.3. The van der Waals surface area contributed by atoms with Crippen LogP contribution in [0.4, 0.5) is 0 Å². The molecule has 1 amide bonds. The van der Waals surface area contributed by atoms with Gasteiger partial charge in [-0.15, -0.1) is 0 Å². The van der Waals surface area contributed by atoms with E-state index in [1.165, 1.54) is 12.8 Å². The van der Waals surface area contributed by atoms with Crippen LogP contribution in [-0.2, 0) is 6.54 Å². The van der Waals surface area contributed by atoms with Crippen molar-refractivity contribution in [3.63, 3.8) is 0 Å². The number of amides is 1. The van der Waals surface area contributed by atoms with Crippen LogP contribution in [0.1, 0.15) is 77.0 Å². The summed E-state index contributed by atoms with van der Waals surface area (Å²) in [5.74, 6) is 0.692. The van der Waals surface area contributed by atoms with Gasteiger partial charge in [-0.25, -0.2) is 0 Å². The van der Waals surface area contributed by atoms with Gasteiger partial charge in [0.25, 0.3) is 5.91 Å². The van der Waals surface area contributed by atoms with Crippen LogP contribution in [0.3, 0.4) is 0 Å². The highest BCUT2D eigenvalue weighted by Gasteiger charge is 2.42. The number of ether oxygens (including phenoxy) is 1. The van der Waals surface area contributed by atoms with E-state index in [9.17, 15) is 9.59 Å². The van der Waals surface area contributed by atoms with Gasteiger partial charge in [0.05, 0.1) is 12.0 Å². The molecule has 1 N–H and O–H groups in total. The molecule has 0 radical (unpaired) electrons. The van der Waals surface area contributed by atoms with Crippen LogP contribution in [-0.4, -0.2) is 17.3 Å². The van der Waals surface area contributed by atoms with E-state index in [1.54, 1.807) is 0 Å². The van der Waals surface area contributed by atoms with Crippen LogP contribution >= 0.6 is 0 Å². The first-order valence-corrected chi connectivity index (χ1v) is 11.2. The zero-order valence-corrected chi connectivity index (χ0v) is 17.8. The van der Waals surface area contributed by atoms with Crippen molar-refractivity contribution in [3.8, 4) is 5.75 Å². The van der Waals surface area contributed by atoms with Crippen molar-refractivity contribution in [3.05, 3.63) is 64.9 Å². The van der Waals surface area contributed by atoms with Crippen molar-refractivity contribution in [2.45, 2.75) is 64.0 Å². The Kier molecular flexibility index (Phi) is 5.05. The molecule has 2 heterocycles. The summed E-state index contributed by atoms with van der Waals surface area (Å²) in [6.07, 6.45) is 6.85. The predicted octanol–water partition coefficient (Wildman–Crippen LogP) is 5.73. The van der Waals surface area contributed by atoms with Gasteiger partial charge in [0.2, 0.25) is 0 Å². The Balaban J connectivity index is 1.47. The van der Waals surface area contributed by atoms with Gasteiger partial charge in [0, 0.05) is 17.5 Å². The molecule has 2 aliphatic rings. The molecular weight excluding hydrogens is 390 g/mol. The maximum Gasteiger partial charge on any atom is 0.287 e. The van der Waals surface area contributed by atoms with Crippen LogP contribution < -0.4 is 10.1 Å². The fraction of sp³-hybridized carbons (Fsp3) is 0.385. The minimum atomic E-state index is -0.373. The molecule has 3 aromatic rings. The second-order valence-electron chi connectivity index (χ2n) is 8.84. The molecule has 0 atom stereocenters. The molecular formula is C26H27NO4. The lowest BCUT2D eigenvalue weighted by Crippen LogP contribution is -2.41. The van der Waals surface area contributed by atoms with E-state index in [2.05, 4.69) is 5.32 Å². The molecule has 1 saturated carbocycles. The van der Waals surface area contributed by atoms with Crippen LogP contribution in [0.5, 0.6) is 5.75 Å². The molecule has 5 rings (SSSR count). The summed E-state index contributed by atoms with van der Waals surface area (Å²) in [7, 11) is 0. The quantitative estimate of drug-likeness (QED) is 0.591. The molecule has 160 valence electrons. The number of carbonyl (C=O) groups excluding carboxylic acids is 2. The third-order valence-corrected chi connectivity index (χ3v) is 6.66. The number of rotatable bonds is 3. The summed E-state index contributed by atoms with van der Waals surface area (Å²) in [6.45, 7) is 2.26. The molecule has 1 spiro atoms. The Morgan fingerprint density at radius 3 is 2.52 bits per heavy atom. The summed E-state index contributed by atoms with van der Waals surface area (Å²) >= 11 is 0. The van der Waals surface area contributed by atoms with Crippen LogP contribution in [0.25, 0.3) is 11.0 Å². The first-order chi connectivity index (χ1) is 15.1. The van der Waals surface area contributed by atoms with Gasteiger partial charge in [0.1, 0.15) is 16.9 Å². The number of Topliss-reactive ketones (excluding diaryl/α,β-unsaturated/α-hetero) is 1. The van der Waals surface area contributed by atoms with Gasteiger partial charge >= 0.3 is 0 Å². The van der Waals surface area contributed by atoms with Crippen LogP contribution in [0, 0.1) is 6.92 Å². The molecule has 1 aromatic heterocycles. The average molecular weight is 418 g/mol. The first-order valence-electron chi connectivity index (χ1n) is 11.2. The molecule has 1 aliphatic carbocycles. The molecule has 5 heteroatoms. The number of ketones is 1. The molecule has 5 nitrogen and oxygen atoms in total. The van der Waals surface area contributed by atoms with Gasteiger partial charge in [-0.1, -0.05) is 43.2 Å². The van der Waals surface area contributed by atoms with Crippen LogP contribution in [0.2, 0.25) is 0 Å². The summed E-state index contributed by atoms with van der Waals surface area (Å²) in [5, 5.41) is 3.62. The minimum Gasteiger partial charge on any atom is -0.486 e. The Hall–Kier alpha value is -3.08. The lowest BCUT2D eigenvalue weighted by molar-refractivity contribution is 0.0301. The largest absolute Gasteiger partial charge is 0.486 e. The zero-order valence-electron chi connectivity index (χ0n) is 17.8. The number of benzene rings is 2. The second-order valence-corrected chi connectivity index (χ2v) is 8.84. The van der Waals surface area contributed by atoms with E-state index in [1.807, 2.05) is 49.4 Å². The highest BCUT2D eigenvalue weighted by Crippen LogP contribution is 2.44. The third kappa shape index (κ3) is 3.62. The number of aryl methyl sites for hydroxylation is 1. The SMILES string of the molecule is Cc1c(C(=O)NCc2ccccc2)oc2ccc3c(c12)C(=O)CC1(CCCCCC1)O3. The van der Waals surface area contributed by atoms with Crippen molar-refractivity contribution in [1.29, 1.82) is 0 Å². The van der Waals surface area contributed by atoms with Crippen molar-refractivity contribution in [2.24, 2.45) is 0 Å². The van der Waals surface area contributed by atoms with E-state index in [0.29, 0.717) is 40.8 Å². The molecule has 0 unspecified atom stereocenters. The van der Waals surface area contributed by atoms with Gasteiger partial charge in [-0.05, 0) is 50.3 Å². The van der Waals surface area contributed by atoms with Crippen molar-refractivity contribution >= 4 is 22.7 Å². The summed E-state index contributed by atoms with van der Waals surface area (Å²) in [4.78, 5) is 26.1. The highest BCUT2D eigenvalue weighted by molar-refractivity contribution is 6.13. The van der Waals surface area contributed by atoms with Crippen molar-refractivity contribution in [1.82, 2.24) is 5.32 Å². The maximum absolute atomic E-state index is 13.3. The molecule has 31 heavy (non-hydrogen) atoms. The number of fused-ring (bicyclic) bond motifs is 3. The summed E-state index contributed by atoms with van der Waals surface area (Å²) in [6, 6.07) is 13.4. The third-order valence-electron chi connectivity index (χ3n) is 6.66. The Labute approximate surface area is 181 Å². The summed E-state index contributed by atoms with van der Waals surface area (Å²) < 4.78 is 12.4. The molecule has 2 aromatic carbocycles. The van der Waals surface area contributed by atoms with E-state index in [-0.39, 0.29) is 23.1 Å². The van der Waals surface area contributed by atoms with Gasteiger partial charge in [-0.2, -0.15) is 0 Å². The number of nitrogens with one attached hydrogen (secondary N) is 1. The van der Waals surface area contributed by atoms with Crippen molar-refractivity contribution < 1.29 is 18.7 Å². The molecule has 1 fully saturated rings. The second kappa shape index (κ2) is 7.88. The highest BCUT2D eigenvalue weighted by atomic mass is 16.5. The lowest BCUT2D eigenvalue weighted by Gasteiger charge is -2.37. The standard InChI is InChI=1S/C26H27NO4/c1-17-22-20(30-24(17)25(29)27-16-18-9-5-4-6-10-18)11-12-21-23(22)19(28)15-26(31-21)13-7-2-3-8-14-26/h4-6,9-12H,2-3,7-8,13-16H2,1H3,(H,27,29). The van der Waals surface area contributed by atoms with E-state index < -0.39 is 0 Å². The normalized spacial score (nSPS) is 17.8. The Morgan fingerprint density at radius 1 is 1.03 bits per heavy atom. The molecule has 0 saturated heterocycles. The fourth-order valence-corrected chi connectivity index (χ4v) is 5.06. The van der Waals surface area contributed by atoms with Gasteiger partial charge < -0.3 is 14.5 Å². The number of hydrogen-bond acceptors (Lipinski definition) is 4. The number of furan rings is 1. The van der Waals surface area contributed by atoms with Crippen molar-refractivity contribution in [2.75, 3.05) is 0 Å². The van der Waals surface area contributed by atoms with E-state index in [4.69, 9.17) is 9.15 Å². The molecule has 0 bridgehead atoms. The monoisotopic (exact) mass is 417 g/mol.